The van der Waals surface area contributed by atoms with Gasteiger partial charge in [-0.1, -0.05) is 27.7 Å². The van der Waals surface area contributed by atoms with E-state index in [2.05, 4.69) is 23.8 Å². The minimum absolute atomic E-state index is 0.0528. The van der Waals surface area contributed by atoms with Gasteiger partial charge >= 0.3 is 0 Å². The largest absolute Gasteiger partial charge is 0.396 e. The highest BCUT2D eigenvalue weighted by atomic mass is 16.2. The second-order valence-electron chi connectivity index (χ2n) is 6.14. The number of rotatable bonds is 3. The molecule has 0 aromatic carbocycles. The van der Waals surface area contributed by atoms with Crippen LogP contribution in [0.4, 0.5) is 5.69 Å². The lowest BCUT2D eigenvalue weighted by atomic mass is 10.0. The van der Waals surface area contributed by atoms with Gasteiger partial charge in [-0.3, -0.25) is 4.79 Å². The highest BCUT2D eigenvalue weighted by Gasteiger charge is 2.33. The number of likely N-dealkylation sites (tertiary alicyclic amines) is 1. The first-order chi connectivity index (χ1) is 9.41. The number of carbonyl (C=O) groups excluding carboxylic acids is 1. The molecule has 1 aliphatic rings. The van der Waals surface area contributed by atoms with Gasteiger partial charge in [0.25, 0.3) is 5.91 Å². The van der Waals surface area contributed by atoms with Crippen molar-refractivity contribution in [3.05, 3.63) is 17.7 Å². The minimum atomic E-state index is -0.0528. The number of amides is 1. The van der Waals surface area contributed by atoms with E-state index < -0.39 is 0 Å². The maximum absolute atomic E-state index is 12.7. The molecule has 1 aliphatic heterocycles. The van der Waals surface area contributed by atoms with Crippen LogP contribution in [0.5, 0.6) is 0 Å². The maximum Gasteiger partial charge on any atom is 0.274 e. The number of nitrogens with zero attached hydrogens (tertiary/aromatic N) is 3. The van der Waals surface area contributed by atoms with Crippen molar-refractivity contribution in [2.45, 2.75) is 52.5 Å². The van der Waals surface area contributed by atoms with E-state index in [1.165, 1.54) is 0 Å². The Kier molecular flexibility index (Phi) is 4.26. The molecule has 0 radical (unpaired) electrons. The van der Waals surface area contributed by atoms with E-state index in [9.17, 15) is 4.79 Å². The molecule has 110 valence electrons. The second-order valence-corrected chi connectivity index (χ2v) is 6.14. The molecule has 20 heavy (non-hydrogen) atoms. The summed E-state index contributed by atoms with van der Waals surface area (Å²) in [6.45, 7) is 9.11. The van der Waals surface area contributed by atoms with E-state index >= 15 is 0 Å². The van der Waals surface area contributed by atoms with E-state index in [0.717, 1.165) is 19.4 Å². The lowest BCUT2D eigenvalue weighted by Crippen LogP contribution is -2.39. The van der Waals surface area contributed by atoms with Gasteiger partial charge in [-0.25, -0.2) is 9.97 Å². The van der Waals surface area contributed by atoms with Crippen molar-refractivity contribution < 1.29 is 4.79 Å². The highest BCUT2D eigenvalue weighted by Crippen LogP contribution is 2.26. The lowest BCUT2D eigenvalue weighted by molar-refractivity contribution is 0.0696. The lowest BCUT2D eigenvalue weighted by Gasteiger charge is -2.27. The van der Waals surface area contributed by atoms with Crippen LogP contribution in [0.15, 0.2) is 6.20 Å². The van der Waals surface area contributed by atoms with Gasteiger partial charge in [-0.15, -0.1) is 0 Å². The number of nitrogen functional groups attached to an aromatic ring is 1. The maximum atomic E-state index is 12.7. The SMILES string of the molecule is CC(C)c1ncc(N)c(C(=O)N2CCCC2C(C)C)n1. The predicted molar refractivity (Wildman–Crippen MR) is 79.4 cm³/mol. The first-order valence-electron chi connectivity index (χ1n) is 7.35. The van der Waals surface area contributed by atoms with Crippen LogP contribution in [0.2, 0.25) is 0 Å². The summed E-state index contributed by atoms with van der Waals surface area (Å²) in [6, 6.07) is 0.291. The summed E-state index contributed by atoms with van der Waals surface area (Å²) in [6.07, 6.45) is 3.66. The van der Waals surface area contributed by atoms with Gasteiger partial charge in [0, 0.05) is 18.5 Å². The third-order valence-corrected chi connectivity index (χ3v) is 3.88. The molecular weight excluding hydrogens is 252 g/mol. The average molecular weight is 276 g/mol. The molecular formula is C15H24N4O. The monoisotopic (exact) mass is 276 g/mol. The van der Waals surface area contributed by atoms with Gasteiger partial charge in [-0.2, -0.15) is 0 Å². The van der Waals surface area contributed by atoms with Crippen molar-refractivity contribution in [2.75, 3.05) is 12.3 Å². The Bertz CT molecular complexity index is 499. The smallest absolute Gasteiger partial charge is 0.274 e. The Morgan fingerprint density at radius 2 is 2.10 bits per heavy atom. The van der Waals surface area contributed by atoms with Gasteiger partial charge in [-0.05, 0) is 18.8 Å². The van der Waals surface area contributed by atoms with E-state index in [4.69, 9.17) is 5.73 Å². The molecule has 2 heterocycles. The normalized spacial score (nSPS) is 19.1. The van der Waals surface area contributed by atoms with Gasteiger partial charge in [0.1, 0.15) is 5.82 Å². The Hall–Kier alpha value is -1.65. The van der Waals surface area contributed by atoms with Crippen LogP contribution < -0.4 is 5.73 Å². The minimum Gasteiger partial charge on any atom is -0.396 e. The average Bonchev–Trinajstić information content (AvgIpc) is 2.87. The Balaban J connectivity index is 2.31. The van der Waals surface area contributed by atoms with Gasteiger partial charge < -0.3 is 10.6 Å². The van der Waals surface area contributed by atoms with Crippen LogP contribution in [0.1, 0.15) is 62.8 Å². The van der Waals surface area contributed by atoms with Crippen molar-refractivity contribution >= 4 is 11.6 Å². The summed E-state index contributed by atoms with van der Waals surface area (Å²) in [5.74, 6) is 1.25. The number of carbonyl (C=O) groups is 1. The molecule has 2 N–H and O–H groups in total. The number of aromatic nitrogens is 2. The molecule has 1 saturated heterocycles. The summed E-state index contributed by atoms with van der Waals surface area (Å²) in [7, 11) is 0. The summed E-state index contributed by atoms with van der Waals surface area (Å²) >= 11 is 0. The number of anilines is 1. The standard InChI is InChI=1S/C15H24N4O/c1-9(2)12-6-5-7-19(12)15(20)13-11(16)8-17-14(18-13)10(3)4/h8-10,12H,5-7,16H2,1-4H3. The zero-order chi connectivity index (χ0) is 14.9. The molecule has 1 fully saturated rings. The van der Waals surface area contributed by atoms with Crippen LogP contribution in [0.25, 0.3) is 0 Å². The molecule has 1 aromatic heterocycles. The third-order valence-electron chi connectivity index (χ3n) is 3.88. The fourth-order valence-electron chi connectivity index (χ4n) is 2.73. The van der Waals surface area contributed by atoms with Gasteiger partial charge in [0.05, 0.1) is 11.9 Å². The fourth-order valence-corrected chi connectivity index (χ4v) is 2.73. The summed E-state index contributed by atoms with van der Waals surface area (Å²) in [5, 5.41) is 0. The number of hydrogen-bond donors (Lipinski definition) is 1. The van der Waals surface area contributed by atoms with Crippen LogP contribution in [0.3, 0.4) is 0 Å². The predicted octanol–water partition coefficient (Wildman–Crippen LogP) is 2.44. The molecule has 1 amide bonds. The second kappa shape index (κ2) is 5.77. The molecule has 0 aliphatic carbocycles. The van der Waals surface area contributed by atoms with E-state index in [0.29, 0.717) is 29.2 Å². The molecule has 2 rings (SSSR count). The van der Waals surface area contributed by atoms with Crippen LogP contribution in [0, 0.1) is 5.92 Å². The Morgan fingerprint density at radius 1 is 1.40 bits per heavy atom. The quantitative estimate of drug-likeness (QED) is 0.920. The molecule has 0 bridgehead atoms. The Morgan fingerprint density at radius 3 is 2.70 bits per heavy atom. The summed E-state index contributed by atoms with van der Waals surface area (Å²) in [5.41, 5.74) is 6.63. The first-order valence-corrected chi connectivity index (χ1v) is 7.35. The van der Waals surface area contributed by atoms with E-state index in [1.807, 2.05) is 18.7 Å². The molecule has 1 aromatic rings. The summed E-state index contributed by atoms with van der Waals surface area (Å²) < 4.78 is 0. The highest BCUT2D eigenvalue weighted by molar-refractivity contribution is 5.97. The van der Waals surface area contributed by atoms with Crippen LogP contribution in [-0.4, -0.2) is 33.4 Å². The van der Waals surface area contributed by atoms with Crippen molar-refractivity contribution in [2.24, 2.45) is 5.92 Å². The molecule has 0 saturated carbocycles. The molecule has 5 heteroatoms. The third kappa shape index (κ3) is 2.76. The molecule has 1 atom stereocenters. The number of nitrogens with two attached hydrogens (primary N) is 1. The fraction of sp³-hybridized carbons (Fsp3) is 0.667. The van der Waals surface area contributed by atoms with E-state index in [1.54, 1.807) is 6.20 Å². The Labute approximate surface area is 120 Å². The summed E-state index contributed by atoms with van der Waals surface area (Å²) in [4.78, 5) is 23.2. The van der Waals surface area contributed by atoms with Crippen molar-refractivity contribution in [1.82, 2.24) is 14.9 Å². The zero-order valence-corrected chi connectivity index (χ0v) is 12.8. The van der Waals surface area contributed by atoms with Crippen molar-refractivity contribution in [1.29, 1.82) is 0 Å². The molecule has 5 nitrogen and oxygen atoms in total. The van der Waals surface area contributed by atoms with Crippen molar-refractivity contribution in [3.63, 3.8) is 0 Å². The van der Waals surface area contributed by atoms with Crippen LogP contribution >= 0.6 is 0 Å². The zero-order valence-electron chi connectivity index (χ0n) is 12.8. The first kappa shape index (κ1) is 14.8. The van der Waals surface area contributed by atoms with E-state index in [-0.39, 0.29) is 11.8 Å². The number of hydrogen-bond acceptors (Lipinski definition) is 4. The molecule has 0 spiro atoms. The van der Waals surface area contributed by atoms with Crippen molar-refractivity contribution in [3.8, 4) is 0 Å². The van der Waals surface area contributed by atoms with Gasteiger partial charge in [0.2, 0.25) is 0 Å². The topological polar surface area (TPSA) is 72.1 Å². The van der Waals surface area contributed by atoms with Crippen LogP contribution in [-0.2, 0) is 0 Å². The van der Waals surface area contributed by atoms with Gasteiger partial charge in [0.15, 0.2) is 5.69 Å². The molecule has 1 unspecified atom stereocenters.